The van der Waals surface area contributed by atoms with E-state index in [0.717, 1.165) is 0 Å². The van der Waals surface area contributed by atoms with Gasteiger partial charge in [-0.3, -0.25) is 9.59 Å². The van der Waals surface area contributed by atoms with E-state index in [9.17, 15) is 9.59 Å². The van der Waals surface area contributed by atoms with Crippen LogP contribution in [0.15, 0.2) is 30.3 Å². The number of rotatable bonds is 4. The van der Waals surface area contributed by atoms with Crippen LogP contribution in [0.1, 0.15) is 0 Å². The Morgan fingerprint density at radius 3 is 2.06 bits per heavy atom. The molecule has 5 nitrogen and oxygen atoms in total. The van der Waals surface area contributed by atoms with Gasteiger partial charge >= 0.3 is 0 Å². The predicted octanol–water partition coefficient (Wildman–Crippen LogP) is 0.0127. The van der Waals surface area contributed by atoms with Crippen molar-refractivity contribution in [1.29, 1.82) is 0 Å². The van der Waals surface area contributed by atoms with Crippen molar-refractivity contribution in [3.8, 4) is 0 Å². The summed E-state index contributed by atoms with van der Waals surface area (Å²) in [5.74, 6) is -3.00. The first-order chi connectivity index (χ1) is 7.52. The molecule has 0 radical (unpaired) electrons. The van der Waals surface area contributed by atoms with Crippen LogP contribution >= 0.6 is 12.2 Å². The summed E-state index contributed by atoms with van der Waals surface area (Å²) in [5.41, 5.74) is 10.7. The average molecular weight is 237 g/mol. The van der Waals surface area contributed by atoms with Gasteiger partial charge in [0.2, 0.25) is 11.8 Å². The molecule has 0 spiro atoms. The number of hydrogen-bond donors (Lipinski definition) is 3. The zero-order chi connectivity index (χ0) is 12.1. The van der Waals surface area contributed by atoms with E-state index in [1.54, 1.807) is 24.3 Å². The van der Waals surface area contributed by atoms with Crippen molar-refractivity contribution in [3.05, 3.63) is 30.3 Å². The summed E-state index contributed by atoms with van der Waals surface area (Å²) in [6.07, 6.45) is 0. The summed E-state index contributed by atoms with van der Waals surface area (Å²) in [6.45, 7) is 0. The van der Waals surface area contributed by atoms with Gasteiger partial charge in [0.15, 0.2) is 5.92 Å². The summed E-state index contributed by atoms with van der Waals surface area (Å²) in [4.78, 5) is 21.9. The van der Waals surface area contributed by atoms with E-state index in [1.807, 2.05) is 6.07 Å². The second-order valence-corrected chi connectivity index (χ2v) is 3.53. The van der Waals surface area contributed by atoms with Gasteiger partial charge in [0.25, 0.3) is 0 Å². The summed E-state index contributed by atoms with van der Waals surface area (Å²) in [5, 5.41) is 2.73. The molecule has 0 aliphatic heterocycles. The lowest BCUT2D eigenvalue weighted by Gasteiger charge is -2.13. The smallest absolute Gasteiger partial charge is 0.236 e. The van der Waals surface area contributed by atoms with E-state index in [2.05, 4.69) is 5.32 Å². The summed E-state index contributed by atoms with van der Waals surface area (Å²) in [6, 6.07) is 8.88. The number of para-hydroxylation sites is 1. The first-order valence-electron chi connectivity index (χ1n) is 4.47. The number of carbonyl (C=O) groups is 2. The first kappa shape index (κ1) is 12.1. The molecular formula is C10H11N3O2S. The molecule has 0 aliphatic rings. The monoisotopic (exact) mass is 237 g/mol. The number of amides is 2. The minimum absolute atomic E-state index is 0.00574. The summed E-state index contributed by atoms with van der Waals surface area (Å²) >= 11 is 4.90. The van der Waals surface area contributed by atoms with Crippen molar-refractivity contribution in [1.82, 2.24) is 0 Å². The maximum Gasteiger partial charge on any atom is 0.236 e. The first-order valence-corrected chi connectivity index (χ1v) is 4.87. The molecule has 0 aliphatic carbocycles. The van der Waals surface area contributed by atoms with Crippen LogP contribution in [0.2, 0.25) is 0 Å². The largest absolute Gasteiger partial charge is 0.369 e. The molecule has 1 aromatic rings. The lowest BCUT2D eigenvalue weighted by atomic mass is 10.1. The summed E-state index contributed by atoms with van der Waals surface area (Å²) < 4.78 is 0. The minimum Gasteiger partial charge on any atom is -0.369 e. The van der Waals surface area contributed by atoms with Crippen LogP contribution in [0.3, 0.4) is 0 Å². The second-order valence-electron chi connectivity index (χ2n) is 3.09. The standard InChI is InChI=1S/C10H11N3O2S/c11-8(14)7(9(12)15)10(16)13-6-4-2-1-3-5-6/h1-5,7H,(H2,11,14)(H2,12,15)(H,13,16). The Labute approximate surface area is 97.8 Å². The van der Waals surface area contributed by atoms with E-state index in [4.69, 9.17) is 23.7 Å². The van der Waals surface area contributed by atoms with Crippen LogP contribution in [0.4, 0.5) is 5.69 Å². The molecule has 0 atom stereocenters. The number of nitrogens with two attached hydrogens (primary N) is 2. The molecular weight excluding hydrogens is 226 g/mol. The van der Waals surface area contributed by atoms with Crippen molar-refractivity contribution >= 4 is 34.7 Å². The quantitative estimate of drug-likeness (QED) is 0.507. The van der Waals surface area contributed by atoms with Crippen LogP contribution in [-0.4, -0.2) is 16.8 Å². The molecule has 0 saturated carbocycles. The zero-order valence-corrected chi connectivity index (χ0v) is 9.16. The van der Waals surface area contributed by atoms with Crippen molar-refractivity contribution in [3.63, 3.8) is 0 Å². The number of nitrogens with one attached hydrogen (secondary N) is 1. The number of anilines is 1. The topological polar surface area (TPSA) is 98.2 Å². The molecule has 0 saturated heterocycles. The van der Waals surface area contributed by atoms with Crippen molar-refractivity contribution in [2.24, 2.45) is 17.4 Å². The van der Waals surface area contributed by atoms with Gasteiger partial charge in [-0.15, -0.1) is 0 Å². The van der Waals surface area contributed by atoms with E-state index < -0.39 is 17.7 Å². The van der Waals surface area contributed by atoms with E-state index in [0.29, 0.717) is 5.69 Å². The Morgan fingerprint density at radius 1 is 1.12 bits per heavy atom. The third-order valence-electron chi connectivity index (χ3n) is 1.87. The van der Waals surface area contributed by atoms with Gasteiger partial charge in [-0.05, 0) is 12.1 Å². The Bertz CT molecular complexity index is 405. The molecule has 5 N–H and O–H groups in total. The molecule has 0 unspecified atom stereocenters. The molecule has 0 heterocycles. The molecule has 2 amide bonds. The fraction of sp³-hybridized carbons (Fsp3) is 0.100. The predicted molar refractivity (Wildman–Crippen MR) is 64.5 cm³/mol. The zero-order valence-electron chi connectivity index (χ0n) is 8.34. The Hall–Kier alpha value is -1.95. The average Bonchev–Trinajstić information content (AvgIpc) is 2.17. The van der Waals surface area contributed by atoms with Gasteiger partial charge in [0, 0.05) is 5.69 Å². The van der Waals surface area contributed by atoms with Crippen molar-refractivity contribution < 1.29 is 9.59 Å². The molecule has 0 aromatic heterocycles. The lowest BCUT2D eigenvalue weighted by molar-refractivity contribution is -0.128. The summed E-state index contributed by atoms with van der Waals surface area (Å²) in [7, 11) is 0. The van der Waals surface area contributed by atoms with Gasteiger partial charge < -0.3 is 16.8 Å². The highest BCUT2D eigenvalue weighted by Gasteiger charge is 2.26. The number of carbonyl (C=O) groups excluding carboxylic acids is 2. The Morgan fingerprint density at radius 2 is 1.62 bits per heavy atom. The fourth-order valence-electron chi connectivity index (χ4n) is 1.13. The van der Waals surface area contributed by atoms with Gasteiger partial charge in [0.05, 0.1) is 0 Å². The SMILES string of the molecule is NC(=O)C(C(N)=O)C(=S)Nc1ccccc1. The van der Waals surface area contributed by atoms with Crippen molar-refractivity contribution in [2.75, 3.05) is 5.32 Å². The third kappa shape index (κ3) is 3.03. The molecule has 1 rings (SSSR count). The fourth-order valence-corrected chi connectivity index (χ4v) is 1.48. The lowest BCUT2D eigenvalue weighted by Crippen LogP contribution is -2.42. The second kappa shape index (κ2) is 5.22. The number of hydrogen-bond acceptors (Lipinski definition) is 3. The molecule has 0 bridgehead atoms. The van der Waals surface area contributed by atoms with Crippen LogP contribution in [-0.2, 0) is 9.59 Å². The molecule has 1 aromatic carbocycles. The van der Waals surface area contributed by atoms with Crippen LogP contribution in [0, 0.1) is 5.92 Å². The minimum atomic E-state index is -1.28. The van der Waals surface area contributed by atoms with Gasteiger partial charge in [0.1, 0.15) is 4.99 Å². The highest BCUT2D eigenvalue weighted by atomic mass is 32.1. The maximum atomic E-state index is 11.0. The number of thiocarbonyl (C=S) groups is 1. The Kier molecular flexibility index (Phi) is 3.96. The molecule has 84 valence electrons. The van der Waals surface area contributed by atoms with Gasteiger partial charge in [-0.2, -0.15) is 0 Å². The third-order valence-corrected chi connectivity index (χ3v) is 2.21. The van der Waals surface area contributed by atoms with E-state index in [1.165, 1.54) is 0 Å². The highest BCUT2D eigenvalue weighted by Crippen LogP contribution is 2.08. The van der Waals surface area contributed by atoms with Gasteiger partial charge in [-0.1, -0.05) is 30.4 Å². The number of benzene rings is 1. The van der Waals surface area contributed by atoms with E-state index in [-0.39, 0.29) is 4.99 Å². The Balaban J connectivity index is 2.78. The van der Waals surface area contributed by atoms with Crippen LogP contribution < -0.4 is 16.8 Å². The maximum absolute atomic E-state index is 11.0. The molecule has 6 heteroatoms. The van der Waals surface area contributed by atoms with Crippen LogP contribution in [0.25, 0.3) is 0 Å². The van der Waals surface area contributed by atoms with E-state index >= 15 is 0 Å². The highest BCUT2D eigenvalue weighted by molar-refractivity contribution is 7.80. The normalized spacial score (nSPS) is 9.81. The van der Waals surface area contributed by atoms with Crippen LogP contribution in [0.5, 0.6) is 0 Å². The molecule has 16 heavy (non-hydrogen) atoms. The van der Waals surface area contributed by atoms with Gasteiger partial charge in [-0.25, -0.2) is 0 Å². The van der Waals surface area contributed by atoms with Crippen molar-refractivity contribution in [2.45, 2.75) is 0 Å². The number of primary amides is 2. The molecule has 0 fully saturated rings.